The number of anilines is 1. The van der Waals surface area contributed by atoms with Crippen LogP contribution in [-0.2, 0) is 6.54 Å². The van der Waals surface area contributed by atoms with E-state index in [1.165, 1.54) is 11.3 Å². The van der Waals surface area contributed by atoms with E-state index in [2.05, 4.69) is 29.7 Å². The van der Waals surface area contributed by atoms with Crippen LogP contribution in [0.15, 0.2) is 34.7 Å². The fraction of sp³-hybridized carbons (Fsp3) is 0.333. The van der Waals surface area contributed by atoms with Crippen molar-refractivity contribution in [3.8, 4) is 0 Å². The molecule has 0 amide bonds. The molecule has 3 aromatic rings. The third kappa shape index (κ3) is 2.95. The minimum atomic E-state index is -0.0451. The average molecular weight is 328 g/mol. The van der Waals surface area contributed by atoms with Crippen LogP contribution in [0.4, 0.5) is 5.95 Å². The van der Waals surface area contributed by atoms with Crippen LogP contribution in [0.3, 0.4) is 0 Å². The highest BCUT2D eigenvalue weighted by Gasteiger charge is 2.19. The maximum absolute atomic E-state index is 12.0. The summed E-state index contributed by atoms with van der Waals surface area (Å²) < 4.78 is 0.694. The summed E-state index contributed by atoms with van der Waals surface area (Å²) in [7, 11) is 0. The van der Waals surface area contributed by atoms with Gasteiger partial charge in [-0.1, -0.05) is 0 Å². The summed E-state index contributed by atoms with van der Waals surface area (Å²) in [5, 5.41) is 1.90. The molecule has 3 aromatic heterocycles. The number of nitrogens with one attached hydrogen (secondary N) is 1. The van der Waals surface area contributed by atoms with Crippen LogP contribution in [-0.4, -0.2) is 51.0 Å². The molecule has 1 aliphatic rings. The zero-order chi connectivity index (χ0) is 15.6. The largest absolute Gasteiger partial charge is 0.338 e. The highest BCUT2D eigenvalue weighted by atomic mass is 32.1. The number of piperazine rings is 1. The lowest BCUT2D eigenvalue weighted by atomic mass is 10.3. The normalized spacial score (nSPS) is 16.1. The van der Waals surface area contributed by atoms with E-state index in [1.807, 2.05) is 17.5 Å². The maximum atomic E-state index is 12.0. The molecule has 0 spiro atoms. The fourth-order valence-electron chi connectivity index (χ4n) is 2.77. The number of hydrogen-bond acceptors (Lipinski definition) is 7. The number of nitrogens with zero attached hydrogens (tertiary/aromatic N) is 5. The molecule has 1 N–H and O–H groups in total. The van der Waals surface area contributed by atoms with E-state index in [0.717, 1.165) is 43.5 Å². The van der Waals surface area contributed by atoms with Crippen molar-refractivity contribution in [2.24, 2.45) is 0 Å². The lowest BCUT2D eigenvalue weighted by Crippen LogP contribution is -2.46. The van der Waals surface area contributed by atoms with Crippen molar-refractivity contribution in [3.05, 3.63) is 46.1 Å². The van der Waals surface area contributed by atoms with Crippen LogP contribution < -0.4 is 10.5 Å². The Balaban J connectivity index is 1.43. The quantitative estimate of drug-likeness (QED) is 0.776. The molecule has 1 saturated heterocycles. The van der Waals surface area contributed by atoms with Crippen molar-refractivity contribution in [1.82, 2.24) is 24.8 Å². The van der Waals surface area contributed by atoms with Crippen LogP contribution in [0.25, 0.3) is 10.2 Å². The van der Waals surface area contributed by atoms with E-state index < -0.39 is 0 Å². The van der Waals surface area contributed by atoms with Gasteiger partial charge in [0, 0.05) is 38.6 Å². The van der Waals surface area contributed by atoms with Gasteiger partial charge in [0.25, 0.3) is 5.56 Å². The third-order valence-electron chi connectivity index (χ3n) is 3.94. The number of aromatic nitrogens is 4. The average Bonchev–Trinajstić information content (AvgIpc) is 3.05. The summed E-state index contributed by atoms with van der Waals surface area (Å²) in [5.74, 6) is 1.50. The molecule has 1 aliphatic heterocycles. The monoisotopic (exact) mass is 328 g/mol. The Morgan fingerprint density at radius 2 is 1.96 bits per heavy atom. The zero-order valence-corrected chi connectivity index (χ0v) is 13.3. The molecule has 8 heteroatoms. The summed E-state index contributed by atoms with van der Waals surface area (Å²) >= 11 is 1.43. The molecule has 0 aromatic carbocycles. The number of fused-ring (bicyclic) bond motifs is 1. The molecule has 0 saturated carbocycles. The van der Waals surface area contributed by atoms with E-state index in [1.54, 1.807) is 12.4 Å². The Kier molecular flexibility index (Phi) is 3.76. The van der Waals surface area contributed by atoms with Gasteiger partial charge in [-0.2, -0.15) is 0 Å². The van der Waals surface area contributed by atoms with Gasteiger partial charge in [-0.05, 0) is 17.5 Å². The second-order valence-corrected chi connectivity index (χ2v) is 6.38. The van der Waals surface area contributed by atoms with Crippen molar-refractivity contribution in [1.29, 1.82) is 0 Å². The molecule has 4 rings (SSSR count). The van der Waals surface area contributed by atoms with Crippen LogP contribution in [0, 0.1) is 0 Å². The van der Waals surface area contributed by atoms with Crippen LogP contribution >= 0.6 is 11.3 Å². The molecule has 1 fully saturated rings. The Labute approximate surface area is 136 Å². The van der Waals surface area contributed by atoms with Crippen molar-refractivity contribution in [3.63, 3.8) is 0 Å². The summed E-state index contributed by atoms with van der Waals surface area (Å²) in [6, 6.07) is 3.71. The van der Waals surface area contributed by atoms with Crippen LogP contribution in [0.1, 0.15) is 5.82 Å². The minimum absolute atomic E-state index is 0.0451. The lowest BCUT2D eigenvalue weighted by molar-refractivity contribution is 0.243. The standard InChI is InChI=1S/C15H16N6OS/c22-14-13-11(2-9-23-13)18-12(19-14)10-20-5-7-21(8-6-20)15-16-3-1-4-17-15/h1-4,9H,5-8,10H2,(H,18,19,22). The summed E-state index contributed by atoms with van der Waals surface area (Å²) in [4.78, 5) is 32.5. The fourth-order valence-corrected chi connectivity index (χ4v) is 3.49. The number of rotatable bonds is 3. The Morgan fingerprint density at radius 1 is 1.17 bits per heavy atom. The smallest absolute Gasteiger partial charge is 0.268 e. The molecule has 4 heterocycles. The topological polar surface area (TPSA) is 78.0 Å². The SMILES string of the molecule is O=c1[nH]c(CN2CCN(c3ncccn3)CC2)nc2ccsc12. The third-order valence-corrected chi connectivity index (χ3v) is 4.85. The second kappa shape index (κ2) is 6.05. The number of hydrogen-bond donors (Lipinski definition) is 1. The number of aromatic amines is 1. The Bertz CT molecular complexity index is 853. The van der Waals surface area contributed by atoms with Crippen molar-refractivity contribution < 1.29 is 0 Å². The van der Waals surface area contributed by atoms with Gasteiger partial charge in [0.2, 0.25) is 5.95 Å². The molecule has 23 heavy (non-hydrogen) atoms. The molecule has 7 nitrogen and oxygen atoms in total. The second-order valence-electron chi connectivity index (χ2n) is 5.46. The first-order valence-electron chi connectivity index (χ1n) is 7.50. The van der Waals surface area contributed by atoms with Gasteiger partial charge in [-0.3, -0.25) is 9.69 Å². The van der Waals surface area contributed by atoms with Crippen molar-refractivity contribution >= 4 is 27.5 Å². The Hall–Kier alpha value is -2.32. The van der Waals surface area contributed by atoms with Gasteiger partial charge < -0.3 is 9.88 Å². The highest BCUT2D eigenvalue weighted by molar-refractivity contribution is 7.17. The lowest BCUT2D eigenvalue weighted by Gasteiger charge is -2.34. The van der Waals surface area contributed by atoms with E-state index in [4.69, 9.17) is 0 Å². The predicted octanol–water partition coefficient (Wildman–Crippen LogP) is 1.10. The molecule has 0 atom stereocenters. The first-order chi connectivity index (χ1) is 11.3. The predicted molar refractivity (Wildman–Crippen MR) is 89.8 cm³/mol. The minimum Gasteiger partial charge on any atom is -0.338 e. The van der Waals surface area contributed by atoms with Gasteiger partial charge >= 0.3 is 0 Å². The molecule has 0 unspecified atom stereocenters. The summed E-state index contributed by atoms with van der Waals surface area (Å²) in [6.07, 6.45) is 3.53. The number of H-pyrrole nitrogens is 1. The molecular weight excluding hydrogens is 312 g/mol. The van der Waals surface area contributed by atoms with E-state index in [0.29, 0.717) is 11.2 Å². The molecule has 118 valence electrons. The highest BCUT2D eigenvalue weighted by Crippen LogP contribution is 2.15. The Morgan fingerprint density at radius 3 is 2.74 bits per heavy atom. The van der Waals surface area contributed by atoms with Crippen LogP contribution in [0.5, 0.6) is 0 Å². The summed E-state index contributed by atoms with van der Waals surface area (Å²) in [5.41, 5.74) is 0.737. The maximum Gasteiger partial charge on any atom is 0.268 e. The van der Waals surface area contributed by atoms with Gasteiger partial charge in [-0.25, -0.2) is 15.0 Å². The first-order valence-corrected chi connectivity index (χ1v) is 8.38. The van der Waals surface area contributed by atoms with Crippen LogP contribution in [0.2, 0.25) is 0 Å². The van der Waals surface area contributed by atoms with Gasteiger partial charge in [0.1, 0.15) is 10.5 Å². The van der Waals surface area contributed by atoms with Gasteiger partial charge in [0.15, 0.2) is 0 Å². The molecule has 0 bridgehead atoms. The van der Waals surface area contributed by atoms with Crippen molar-refractivity contribution in [2.45, 2.75) is 6.54 Å². The van der Waals surface area contributed by atoms with E-state index >= 15 is 0 Å². The molecule has 0 aliphatic carbocycles. The zero-order valence-electron chi connectivity index (χ0n) is 12.5. The van der Waals surface area contributed by atoms with E-state index in [-0.39, 0.29) is 5.56 Å². The van der Waals surface area contributed by atoms with E-state index in [9.17, 15) is 4.79 Å². The molecule has 0 radical (unpaired) electrons. The summed E-state index contributed by atoms with van der Waals surface area (Å²) in [6.45, 7) is 4.18. The first kappa shape index (κ1) is 14.3. The number of thiophene rings is 1. The van der Waals surface area contributed by atoms with Crippen molar-refractivity contribution in [2.75, 3.05) is 31.1 Å². The molecular formula is C15H16N6OS. The van der Waals surface area contributed by atoms with Gasteiger partial charge in [0.05, 0.1) is 12.1 Å². The van der Waals surface area contributed by atoms with Gasteiger partial charge in [-0.15, -0.1) is 11.3 Å².